The average Bonchev–Trinajstić information content (AvgIpc) is 2.27. The fourth-order valence-corrected chi connectivity index (χ4v) is 2.26. The molecule has 1 fully saturated rings. The number of anilines is 1. The first-order valence-corrected chi connectivity index (χ1v) is 6.10. The Kier molecular flexibility index (Phi) is 3.52. The first-order valence-electron chi connectivity index (χ1n) is 6.10. The number of ether oxygens (including phenoxy) is 1. The minimum atomic E-state index is -0.367. The number of rotatable bonds is 5. The minimum absolute atomic E-state index is 0.0848. The molecule has 0 amide bonds. The highest BCUT2D eigenvalue weighted by atomic mass is 16.6. The lowest BCUT2D eigenvalue weighted by atomic mass is 9.80. The zero-order chi connectivity index (χ0) is 13.2. The van der Waals surface area contributed by atoms with Gasteiger partial charge in [-0.1, -0.05) is 0 Å². The first kappa shape index (κ1) is 12.8. The van der Waals surface area contributed by atoms with Gasteiger partial charge in [-0.05, 0) is 37.8 Å². The van der Waals surface area contributed by atoms with E-state index in [4.69, 9.17) is 4.74 Å². The van der Waals surface area contributed by atoms with Gasteiger partial charge in [0, 0.05) is 31.5 Å². The number of benzene rings is 1. The Morgan fingerprint density at radius 3 is 2.67 bits per heavy atom. The Morgan fingerprint density at radius 2 is 2.17 bits per heavy atom. The summed E-state index contributed by atoms with van der Waals surface area (Å²) in [4.78, 5) is 10.4. The van der Waals surface area contributed by atoms with Crippen LogP contribution in [-0.4, -0.2) is 24.2 Å². The predicted octanol–water partition coefficient (Wildman–Crippen LogP) is 2.88. The maximum absolute atomic E-state index is 10.8. The molecule has 0 unspecified atom stereocenters. The number of nitro benzene ring substituents is 1. The van der Waals surface area contributed by atoms with E-state index in [-0.39, 0.29) is 16.2 Å². The number of aryl methyl sites for hydroxylation is 1. The van der Waals surface area contributed by atoms with Gasteiger partial charge in [-0.3, -0.25) is 10.1 Å². The van der Waals surface area contributed by atoms with Crippen molar-refractivity contribution < 1.29 is 9.66 Å². The van der Waals surface area contributed by atoms with Gasteiger partial charge in [0.1, 0.15) is 0 Å². The quantitative estimate of drug-likeness (QED) is 0.644. The summed E-state index contributed by atoms with van der Waals surface area (Å²) in [6, 6.07) is 5.05. The lowest BCUT2D eigenvalue weighted by Crippen LogP contribution is -2.45. The Labute approximate surface area is 106 Å². The van der Waals surface area contributed by atoms with Crippen molar-refractivity contribution in [3.63, 3.8) is 0 Å². The molecule has 5 nitrogen and oxygen atoms in total. The van der Waals surface area contributed by atoms with Gasteiger partial charge in [-0.2, -0.15) is 0 Å². The van der Waals surface area contributed by atoms with Crippen molar-refractivity contribution in [2.75, 3.05) is 19.0 Å². The summed E-state index contributed by atoms with van der Waals surface area (Å²) >= 11 is 0. The Bertz CT molecular complexity index is 450. The van der Waals surface area contributed by atoms with Crippen LogP contribution >= 0.6 is 0 Å². The van der Waals surface area contributed by atoms with E-state index in [2.05, 4.69) is 5.32 Å². The van der Waals surface area contributed by atoms with E-state index >= 15 is 0 Å². The van der Waals surface area contributed by atoms with Gasteiger partial charge in [0.05, 0.1) is 10.5 Å². The van der Waals surface area contributed by atoms with Gasteiger partial charge in [0.2, 0.25) is 0 Å². The van der Waals surface area contributed by atoms with Crippen molar-refractivity contribution in [3.05, 3.63) is 33.9 Å². The number of hydrogen-bond acceptors (Lipinski definition) is 4. The number of nitrogens with one attached hydrogen (secondary N) is 1. The van der Waals surface area contributed by atoms with Crippen LogP contribution in [0.2, 0.25) is 0 Å². The molecule has 1 N–H and O–H groups in total. The summed E-state index contributed by atoms with van der Waals surface area (Å²) in [5.41, 5.74) is 1.70. The Hall–Kier alpha value is -1.62. The standard InChI is InChI=1S/C13H18N2O3/c1-10-6-11(8-12(7-10)15(16)17)14-9-13(18-2)4-3-5-13/h6-8,14H,3-5,9H2,1-2H3. The molecule has 0 aromatic heterocycles. The van der Waals surface area contributed by atoms with E-state index in [1.165, 1.54) is 6.42 Å². The van der Waals surface area contributed by atoms with Crippen LogP contribution in [0.4, 0.5) is 11.4 Å². The second-order valence-electron chi connectivity index (χ2n) is 4.91. The molecule has 1 aromatic rings. The van der Waals surface area contributed by atoms with Gasteiger partial charge < -0.3 is 10.1 Å². The van der Waals surface area contributed by atoms with E-state index in [1.54, 1.807) is 19.2 Å². The molecule has 1 aliphatic carbocycles. The third-order valence-corrected chi connectivity index (χ3v) is 3.59. The van der Waals surface area contributed by atoms with Gasteiger partial charge >= 0.3 is 0 Å². The van der Waals surface area contributed by atoms with Gasteiger partial charge in [0.15, 0.2) is 0 Å². The second-order valence-corrected chi connectivity index (χ2v) is 4.91. The number of hydrogen-bond donors (Lipinski definition) is 1. The summed E-state index contributed by atoms with van der Waals surface area (Å²) in [5, 5.41) is 14.0. The van der Waals surface area contributed by atoms with Crippen molar-refractivity contribution in [2.45, 2.75) is 31.8 Å². The van der Waals surface area contributed by atoms with Crippen LogP contribution in [0.5, 0.6) is 0 Å². The lowest BCUT2D eigenvalue weighted by Gasteiger charge is -2.40. The number of nitro groups is 1. The van der Waals surface area contributed by atoms with E-state index < -0.39 is 0 Å². The maximum atomic E-state index is 10.8. The fraction of sp³-hybridized carbons (Fsp3) is 0.538. The van der Waals surface area contributed by atoms with Crippen LogP contribution in [0.3, 0.4) is 0 Å². The maximum Gasteiger partial charge on any atom is 0.271 e. The zero-order valence-corrected chi connectivity index (χ0v) is 10.7. The van der Waals surface area contributed by atoms with E-state index in [1.807, 2.05) is 13.0 Å². The van der Waals surface area contributed by atoms with Crippen LogP contribution in [0, 0.1) is 17.0 Å². The molecule has 0 aliphatic heterocycles. The molecule has 0 radical (unpaired) electrons. The molecule has 0 saturated heterocycles. The molecule has 2 rings (SSSR count). The monoisotopic (exact) mass is 250 g/mol. The Morgan fingerprint density at radius 1 is 1.44 bits per heavy atom. The van der Waals surface area contributed by atoms with Crippen molar-refractivity contribution in [3.8, 4) is 0 Å². The number of non-ortho nitro benzene ring substituents is 1. The van der Waals surface area contributed by atoms with Crippen LogP contribution in [-0.2, 0) is 4.74 Å². The smallest absolute Gasteiger partial charge is 0.271 e. The van der Waals surface area contributed by atoms with Crippen LogP contribution in [0.25, 0.3) is 0 Å². The fourth-order valence-electron chi connectivity index (χ4n) is 2.26. The van der Waals surface area contributed by atoms with Crippen molar-refractivity contribution in [1.82, 2.24) is 0 Å². The first-order chi connectivity index (χ1) is 8.54. The van der Waals surface area contributed by atoms with Gasteiger partial charge in [0.25, 0.3) is 5.69 Å². The van der Waals surface area contributed by atoms with Crippen molar-refractivity contribution >= 4 is 11.4 Å². The highest BCUT2D eigenvalue weighted by Gasteiger charge is 2.36. The summed E-state index contributed by atoms with van der Waals surface area (Å²) < 4.78 is 5.51. The summed E-state index contributed by atoms with van der Waals surface area (Å²) in [7, 11) is 1.72. The van der Waals surface area contributed by atoms with Gasteiger partial charge in [-0.15, -0.1) is 0 Å². The van der Waals surface area contributed by atoms with Crippen LogP contribution in [0.1, 0.15) is 24.8 Å². The van der Waals surface area contributed by atoms with E-state index in [0.29, 0.717) is 6.54 Å². The normalized spacial score (nSPS) is 17.0. The highest BCUT2D eigenvalue weighted by Crippen LogP contribution is 2.35. The minimum Gasteiger partial charge on any atom is -0.382 e. The molecular weight excluding hydrogens is 232 g/mol. The molecule has 1 aliphatic rings. The summed E-state index contributed by atoms with van der Waals surface area (Å²) in [5.74, 6) is 0. The Balaban J connectivity index is 2.07. The molecule has 1 saturated carbocycles. The summed E-state index contributed by atoms with van der Waals surface area (Å²) in [6.07, 6.45) is 3.28. The largest absolute Gasteiger partial charge is 0.382 e. The van der Waals surface area contributed by atoms with E-state index in [0.717, 1.165) is 24.1 Å². The molecule has 0 heterocycles. The highest BCUT2D eigenvalue weighted by molar-refractivity contribution is 5.54. The van der Waals surface area contributed by atoms with Gasteiger partial charge in [-0.25, -0.2) is 0 Å². The lowest BCUT2D eigenvalue weighted by molar-refractivity contribution is -0.384. The predicted molar refractivity (Wildman–Crippen MR) is 69.9 cm³/mol. The molecular formula is C13H18N2O3. The molecule has 0 bridgehead atoms. The molecule has 18 heavy (non-hydrogen) atoms. The summed E-state index contributed by atoms with van der Waals surface area (Å²) in [6.45, 7) is 2.55. The van der Waals surface area contributed by atoms with Crippen LogP contribution in [0.15, 0.2) is 18.2 Å². The molecule has 0 spiro atoms. The SMILES string of the molecule is COC1(CNc2cc(C)cc([N+](=O)[O-])c2)CCC1. The number of methoxy groups -OCH3 is 1. The number of nitrogens with zero attached hydrogens (tertiary/aromatic N) is 1. The van der Waals surface area contributed by atoms with Crippen LogP contribution < -0.4 is 5.32 Å². The van der Waals surface area contributed by atoms with E-state index in [9.17, 15) is 10.1 Å². The topological polar surface area (TPSA) is 64.4 Å². The van der Waals surface area contributed by atoms with Crippen molar-refractivity contribution in [1.29, 1.82) is 0 Å². The third-order valence-electron chi connectivity index (χ3n) is 3.59. The molecule has 5 heteroatoms. The van der Waals surface area contributed by atoms with Crippen molar-refractivity contribution in [2.24, 2.45) is 0 Å². The molecule has 0 atom stereocenters. The third kappa shape index (κ3) is 2.61. The molecule has 1 aromatic carbocycles. The average molecular weight is 250 g/mol. The second kappa shape index (κ2) is 4.94. The zero-order valence-electron chi connectivity index (χ0n) is 10.7. The molecule has 98 valence electrons.